The van der Waals surface area contributed by atoms with Crippen LogP contribution in [0.5, 0.6) is 0 Å². The number of hydrogen-bond acceptors (Lipinski definition) is 3. The average Bonchev–Trinajstić information content (AvgIpc) is 2.75. The molecular weight excluding hydrogens is 240 g/mol. The minimum absolute atomic E-state index is 0.115. The first kappa shape index (κ1) is 11.6. The largest absolute Gasteiger partial charge is 0.323 e. The second-order valence-electron chi connectivity index (χ2n) is 3.62. The molecule has 5 nitrogen and oxygen atoms in total. The Labute approximate surface area is 103 Å². The lowest BCUT2D eigenvalue weighted by Crippen LogP contribution is -2.19. The van der Waals surface area contributed by atoms with Crippen molar-refractivity contribution in [3.63, 3.8) is 0 Å². The van der Waals surface area contributed by atoms with Crippen LogP contribution in [0.1, 0.15) is 5.56 Å². The van der Waals surface area contributed by atoms with Crippen LogP contribution in [-0.2, 0) is 11.3 Å². The summed E-state index contributed by atoms with van der Waals surface area (Å²) in [5.41, 5.74) is 1.65. The summed E-state index contributed by atoms with van der Waals surface area (Å²) < 4.78 is 1.44. The summed E-state index contributed by atoms with van der Waals surface area (Å²) >= 11 is 6.01. The van der Waals surface area contributed by atoms with Gasteiger partial charge in [-0.15, -0.1) is 0 Å². The summed E-state index contributed by atoms with van der Waals surface area (Å²) in [5, 5.41) is 7.09. The van der Waals surface area contributed by atoms with Gasteiger partial charge in [-0.05, 0) is 24.6 Å². The third-order valence-corrected chi connectivity index (χ3v) is 2.48. The van der Waals surface area contributed by atoms with E-state index in [2.05, 4.69) is 15.4 Å². The molecule has 0 radical (unpaired) electrons. The Balaban J connectivity index is 2.03. The van der Waals surface area contributed by atoms with Gasteiger partial charge in [-0.3, -0.25) is 4.79 Å². The van der Waals surface area contributed by atoms with Crippen LogP contribution in [0.3, 0.4) is 0 Å². The smallest absolute Gasteiger partial charge is 0.246 e. The number of carbonyl (C=O) groups excluding carboxylic acids is 1. The lowest BCUT2D eigenvalue weighted by atomic mass is 10.2. The Bertz CT molecular complexity index is 524. The van der Waals surface area contributed by atoms with E-state index in [9.17, 15) is 4.79 Å². The van der Waals surface area contributed by atoms with Gasteiger partial charge >= 0.3 is 0 Å². The molecule has 1 aromatic heterocycles. The number of anilines is 1. The number of amides is 1. The Morgan fingerprint density at radius 3 is 3.00 bits per heavy atom. The SMILES string of the molecule is Cc1ccc(NC(=O)Cn2cncn2)c(Cl)c1. The van der Waals surface area contributed by atoms with Crippen molar-refractivity contribution >= 4 is 23.2 Å². The van der Waals surface area contributed by atoms with Crippen LogP contribution in [0, 0.1) is 6.92 Å². The lowest BCUT2D eigenvalue weighted by Gasteiger charge is -2.07. The maximum Gasteiger partial charge on any atom is 0.246 e. The van der Waals surface area contributed by atoms with E-state index >= 15 is 0 Å². The molecule has 0 saturated carbocycles. The zero-order chi connectivity index (χ0) is 12.3. The van der Waals surface area contributed by atoms with E-state index in [4.69, 9.17) is 11.6 Å². The monoisotopic (exact) mass is 250 g/mol. The van der Waals surface area contributed by atoms with Crippen molar-refractivity contribution in [1.82, 2.24) is 14.8 Å². The number of carbonyl (C=O) groups is 1. The molecule has 6 heteroatoms. The molecule has 0 saturated heterocycles. The van der Waals surface area contributed by atoms with Crippen LogP contribution >= 0.6 is 11.6 Å². The van der Waals surface area contributed by atoms with Gasteiger partial charge in [0.2, 0.25) is 5.91 Å². The highest BCUT2D eigenvalue weighted by Crippen LogP contribution is 2.22. The Morgan fingerprint density at radius 2 is 2.35 bits per heavy atom. The summed E-state index contributed by atoms with van der Waals surface area (Å²) in [4.78, 5) is 15.4. The molecule has 0 atom stereocenters. The van der Waals surface area contributed by atoms with Gasteiger partial charge in [-0.1, -0.05) is 17.7 Å². The van der Waals surface area contributed by atoms with Crippen LogP contribution in [0.15, 0.2) is 30.9 Å². The Morgan fingerprint density at radius 1 is 1.53 bits per heavy atom. The number of nitrogens with one attached hydrogen (secondary N) is 1. The van der Waals surface area contributed by atoms with E-state index in [1.165, 1.54) is 17.3 Å². The van der Waals surface area contributed by atoms with Gasteiger partial charge in [-0.2, -0.15) is 5.10 Å². The lowest BCUT2D eigenvalue weighted by molar-refractivity contribution is -0.116. The molecule has 1 amide bonds. The van der Waals surface area contributed by atoms with E-state index in [0.717, 1.165) is 5.56 Å². The van der Waals surface area contributed by atoms with Crippen molar-refractivity contribution in [2.24, 2.45) is 0 Å². The molecule has 2 rings (SSSR count). The third kappa shape index (κ3) is 3.04. The van der Waals surface area contributed by atoms with Crippen molar-refractivity contribution in [2.45, 2.75) is 13.5 Å². The summed E-state index contributed by atoms with van der Waals surface area (Å²) in [6.07, 6.45) is 2.86. The van der Waals surface area contributed by atoms with Crippen LogP contribution in [0.4, 0.5) is 5.69 Å². The Hall–Kier alpha value is -1.88. The van der Waals surface area contributed by atoms with Crippen LogP contribution < -0.4 is 5.32 Å². The number of aromatic nitrogens is 3. The normalized spacial score (nSPS) is 10.2. The van der Waals surface area contributed by atoms with Crippen molar-refractivity contribution < 1.29 is 4.79 Å². The van der Waals surface area contributed by atoms with E-state index in [-0.39, 0.29) is 12.5 Å². The highest BCUT2D eigenvalue weighted by molar-refractivity contribution is 6.33. The fourth-order valence-corrected chi connectivity index (χ4v) is 1.66. The molecule has 0 fully saturated rings. The summed E-state index contributed by atoms with van der Waals surface area (Å²) in [7, 11) is 0. The van der Waals surface area contributed by atoms with E-state index in [1.54, 1.807) is 12.1 Å². The van der Waals surface area contributed by atoms with E-state index < -0.39 is 0 Å². The van der Waals surface area contributed by atoms with Crippen molar-refractivity contribution in [3.8, 4) is 0 Å². The predicted molar refractivity (Wildman–Crippen MR) is 64.8 cm³/mol. The molecule has 0 spiro atoms. The molecule has 0 bridgehead atoms. The topological polar surface area (TPSA) is 59.8 Å². The molecular formula is C11H11ClN4O. The number of benzene rings is 1. The van der Waals surface area contributed by atoms with Crippen molar-refractivity contribution in [3.05, 3.63) is 41.4 Å². The molecule has 0 unspecified atom stereocenters. The fraction of sp³-hybridized carbons (Fsp3) is 0.182. The number of rotatable bonds is 3. The molecule has 1 heterocycles. The average molecular weight is 251 g/mol. The van der Waals surface area contributed by atoms with Gasteiger partial charge in [-0.25, -0.2) is 9.67 Å². The quantitative estimate of drug-likeness (QED) is 0.905. The van der Waals surface area contributed by atoms with E-state index in [1.807, 2.05) is 13.0 Å². The molecule has 0 aliphatic heterocycles. The van der Waals surface area contributed by atoms with Gasteiger partial charge in [0.15, 0.2) is 0 Å². The molecule has 1 aromatic carbocycles. The van der Waals surface area contributed by atoms with Crippen molar-refractivity contribution in [1.29, 1.82) is 0 Å². The molecule has 88 valence electrons. The number of hydrogen-bond donors (Lipinski definition) is 1. The molecule has 2 aromatic rings. The summed E-state index contributed by atoms with van der Waals surface area (Å²) in [6.45, 7) is 2.05. The first-order valence-corrected chi connectivity index (χ1v) is 5.41. The third-order valence-electron chi connectivity index (χ3n) is 2.17. The second kappa shape index (κ2) is 4.97. The van der Waals surface area contributed by atoms with Crippen molar-refractivity contribution in [2.75, 3.05) is 5.32 Å². The maximum atomic E-state index is 11.7. The first-order chi connectivity index (χ1) is 8.15. The Kier molecular flexibility index (Phi) is 3.39. The van der Waals surface area contributed by atoms with Gasteiger partial charge in [0.1, 0.15) is 19.2 Å². The zero-order valence-corrected chi connectivity index (χ0v) is 9.98. The zero-order valence-electron chi connectivity index (χ0n) is 9.22. The summed E-state index contributed by atoms with van der Waals surface area (Å²) in [5.74, 6) is -0.193. The number of aryl methyl sites for hydroxylation is 1. The number of nitrogens with zero attached hydrogens (tertiary/aromatic N) is 3. The van der Waals surface area contributed by atoms with Crippen LogP contribution in [0.25, 0.3) is 0 Å². The van der Waals surface area contributed by atoms with Gasteiger partial charge < -0.3 is 5.32 Å². The minimum Gasteiger partial charge on any atom is -0.323 e. The molecule has 0 aliphatic rings. The van der Waals surface area contributed by atoms with Gasteiger partial charge in [0, 0.05) is 0 Å². The molecule has 17 heavy (non-hydrogen) atoms. The highest BCUT2D eigenvalue weighted by atomic mass is 35.5. The fourth-order valence-electron chi connectivity index (χ4n) is 1.37. The number of halogens is 1. The van der Waals surface area contributed by atoms with Crippen LogP contribution in [-0.4, -0.2) is 20.7 Å². The maximum absolute atomic E-state index is 11.7. The van der Waals surface area contributed by atoms with E-state index in [0.29, 0.717) is 10.7 Å². The molecule has 0 aliphatic carbocycles. The van der Waals surface area contributed by atoms with Gasteiger partial charge in [0.05, 0.1) is 10.7 Å². The van der Waals surface area contributed by atoms with Gasteiger partial charge in [0.25, 0.3) is 0 Å². The van der Waals surface area contributed by atoms with Crippen LogP contribution in [0.2, 0.25) is 5.02 Å². The summed E-state index contributed by atoms with van der Waals surface area (Å²) in [6, 6.07) is 5.46. The predicted octanol–water partition coefficient (Wildman–Crippen LogP) is 1.88. The minimum atomic E-state index is -0.193. The second-order valence-corrected chi connectivity index (χ2v) is 4.03. The standard InChI is InChI=1S/C11H11ClN4O/c1-8-2-3-10(9(12)4-8)15-11(17)5-16-7-13-6-14-16/h2-4,6-7H,5H2,1H3,(H,15,17). The highest BCUT2D eigenvalue weighted by Gasteiger charge is 2.06. The first-order valence-electron chi connectivity index (χ1n) is 5.03. The molecule has 1 N–H and O–H groups in total.